The van der Waals surface area contributed by atoms with E-state index < -0.39 is 16.1 Å². The zero-order valence-electron chi connectivity index (χ0n) is 6.88. The van der Waals surface area contributed by atoms with Gasteiger partial charge in [-0.25, -0.2) is 4.79 Å². The summed E-state index contributed by atoms with van der Waals surface area (Å²) in [6.45, 7) is 0. The molecule has 7 heteroatoms. The monoisotopic (exact) mass is 217 g/mol. The summed E-state index contributed by atoms with van der Waals surface area (Å²) in [5.74, 6) is 3.40. The van der Waals surface area contributed by atoms with Crippen LogP contribution in [-0.2, 0) is 14.4 Å². The van der Waals surface area contributed by atoms with Crippen molar-refractivity contribution < 1.29 is 22.6 Å². The highest BCUT2D eigenvalue weighted by atomic mass is 32.2. The third-order valence-corrected chi connectivity index (χ3v) is 2.62. The summed E-state index contributed by atoms with van der Waals surface area (Å²) in [5.41, 5.74) is -0.0130. The van der Waals surface area contributed by atoms with Gasteiger partial charge in [0.25, 0.3) is 0 Å². The summed E-state index contributed by atoms with van der Waals surface area (Å²) < 4.78 is 25.7. The quantitative estimate of drug-likeness (QED) is 0.688. The van der Waals surface area contributed by atoms with Gasteiger partial charge in [-0.2, -0.15) is 18.6 Å². The van der Waals surface area contributed by atoms with Crippen molar-refractivity contribution in [1.82, 2.24) is 0 Å². The van der Waals surface area contributed by atoms with Crippen LogP contribution in [0.3, 0.4) is 0 Å². The first-order chi connectivity index (χ1) is 6.47. The van der Waals surface area contributed by atoms with Crippen LogP contribution >= 0.6 is 0 Å². The lowest BCUT2D eigenvalue weighted by Crippen LogP contribution is -2.11. The average molecular weight is 217 g/mol. The Morgan fingerprint density at radius 1 is 1.29 bits per heavy atom. The highest BCUT2D eigenvalue weighted by Crippen LogP contribution is 2.11. The number of rotatable bonds is 3. The highest BCUT2D eigenvalue weighted by molar-refractivity contribution is 7.86. The lowest BCUT2D eigenvalue weighted by Gasteiger charge is -2.00. The molecule has 0 aromatic heterocycles. The van der Waals surface area contributed by atoms with Crippen molar-refractivity contribution in [2.75, 3.05) is 0 Å². The molecule has 0 unspecified atom stereocenters. The van der Waals surface area contributed by atoms with Crippen molar-refractivity contribution in [3.8, 4) is 0 Å². The van der Waals surface area contributed by atoms with Gasteiger partial charge < -0.3 is 5.11 Å². The molecule has 0 atom stereocenters. The minimum atomic E-state index is -3.96. The Labute approximate surface area is 80.0 Å². The van der Waals surface area contributed by atoms with Crippen LogP contribution < -0.4 is 5.90 Å². The topological polar surface area (TPSA) is 107 Å². The maximum absolute atomic E-state index is 11.0. The van der Waals surface area contributed by atoms with Gasteiger partial charge in [-0.15, -0.1) is 0 Å². The zero-order valence-corrected chi connectivity index (χ0v) is 7.69. The molecule has 76 valence electrons. The predicted octanol–water partition coefficient (Wildman–Crippen LogP) is -0.0362. The van der Waals surface area contributed by atoms with Crippen molar-refractivity contribution in [2.24, 2.45) is 5.90 Å². The Morgan fingerprint density at radius 3 is 2.14 bits per heavy atom. The molecule has 0 aliphatic rings. The fourth-order valence-corrected chi connectivity index (χ4v) is 1.40. The first kappa shape index (κ1) is 10.6. The van der Waals surface area contributed by atoms with Gasteiger partial charge in [-0.1, -0.05) is 0 Å². The fraction of sp³-hybridized carbons (Fsp3) is 0. The molecule has 0 saturated heterocycles. The van der Waals surface area contributed by atoms with Crippen LogP contribution in [-0.4, -0.2) is 19.5 Å². The second kappa shape index (κ2) is 3.74. The summed E-state index contributed by atoms with van der Waals surface area (Å²) in [5, 5.41) is 8.53. The molecule has 1 rings (SSSR count). The van der Waals surface area contributed by atoms with Gasteiger partial charge in [0.05, 0.1) is 10.5 Å². The Morgan fingerprint density at radius 2 is 1.79 bits per heavy atom. The van der Waals surface area contributed by atoms with Crippen LogP contribution in [0.25, 0.3) is 0 Å². The lowest BCUT2D eigenvalue weighted by molar-refractivity contribution is 0.0696. The number of aromatic carboxylic acids is 1. The van der Waals surface area contributed by atoms with E-state index in [1.807, 2.05) is 0 Å². The van der Waals surface area contributed by atoms with E-state index in [0.717, 1.165) is 24.3 Å². The SMILES string of the molecule is NOS(=O)(=O)c1ccc(C(=O)O)cc1. The van der Waals surface area contributed by atoms with Gasteiger partial charge in [0.1, 0.15) is 0 Å². The third-order valence-electron chi connectivity index (χ3n) is 1.52. The molecular formula is C7H7NO5S. The smallest absolute Gasteiger partial charge is 0.335 e. The maximum Gasteiger partial charge on any atom is 0.335 e. The van der Waals surface area contributed by atoms with Crippen LogP contribution in [0.1, 0.15) is 10.4 Å². The lowest BCUT2D eigenvalue weighted by atomic mass is 10.2. The summed E-state index contributed by atoms with van der Waals surface area (Å²) in [7, 11) is -3.96. The molecule has 0 saturated carbocycles. The van der Waals surface area contributed by atoms with Gasteiger partial charge in [-0.05, 0) is 24.3 Å². The van der Waals surface area contributed by atoms with E-state index in [1.165, 1.54) is 0 Å². The molecule has 0 heterocycles. The van der Waals surface area contributed by atoms with Crippen molar-refractivity contribution in [3.05, 3.63) is 29.8 Å². The Kier molecular flexibility index (Phi) is 2.84. The van der Waals surface area contributed by atoms with E-state index in [-0.39, 0.29) is 10.5 Å². The molecule has 1 aromatic carbocycles. The maximum atomic E-state index is 11.0. The number of hydrogen-bond acceptors (Lipinski definition) is 5. The second-order valence-corrected chi connectivity index (χ2v) is 3.95. The molecule has 0 fully saturated rings. The van der Waals surface area contributed by atoms with Crippen LogP contribution in [0, 0.1) is 0 Å². The van der Waals surface area contributed by atoms with Crippen molar-refractivity contribution in [3.63, 3.8) is 0 Å². The number of benzene rings is 1. The average Bonchev–Trinajstić information content (AvgIpc) is 2.18. The van der Waals surface area contributed by atoms with Gasteiger partial charge >= 0.3 is 16.1 Å². The molecule has 0 aliphatic carbocycles. The molecule has 0 bridgehead atoms. The molecule has 0 aliphatic heterocycles. The van der Waals surface area contributed by atoms with Crippen LogP contribution in [0.5, 0.6) is 0 Å². The summed E-state index contributed by atoms with van der Waals surface area (Å²) >= 11 is 0. The van der Waals surface area contributed by atoms with E-state index >= 15 is 0 Å². The highest BCUT2D eigenvalue weighted by Gasteiger charge is 2.13. The number of carboxylic acids is 1. The first-order valence-electron chi connectivity index (χ1n) is 3.44. The van der Waals surface area contributed by atoms with Crippen molar-refractivity contribution in [1.29, 1.82) is 0 Å². The molecule has 14 heavy (non-hydrogen) atoms. The van der Waals surface area contributed by atoms with Crippen molar-refractivity contribution in [2.45, 2.75) is 4.90 Å². The normalized spacial score (nSPS) is 11.2. The minimum absolute atomic E-state index is 0.0130. The van der Waals surface area contributed by atoms with Crippen LogP contribution in [0.2, 0.25) is 0 Å². The van der Waals surface area contributed by atoms with Gasteiger partial charge in [0.2, 0.25) is 0 Å². The van der Waals surface area contributed by atoms with Crippen LogP contribution in [0.15, 0.2) is 29.2 Å². The van der Waals surface area contributed by atoms with Gasteiger partial charge in [-0.3, -0.25) is 0 Å². The molecule has 0 amide bonds. The second-order valence-electron chi connectivity index (χ2n) is 2.38. The molecule has 3 N–H and O–H groups in total. The molecule has 1 aromatic rings. The van der Waals surface area contributed by atoms with Gasteiger partial charge in [0.15, 0.2) is 0 Å². The largest absolute Gasteiger partial charge is 0.478 e. The summed E-state index contributed by atoms with van der Waals surface area (Å²) in [6.07, 6.45) is 0. The Balaban J connectivity index is 3.12. The standard InChI is InChI=1S/C7H7NO5S/c8-13-14(11,12)6-3-1-5(2-4-6)7(9)10/h1-4H,8H2,(H,9,10). The van der Waals surface area contributed by atoms with Crippen molar-refractivity contribution >= 4 is 16.1 Å². The van der Waals surface area contributed by atoms with E-state index in [1.54, 1.807) is 0 Å². The third kappa shape index (κ3) is 2.08. The number of hydrogen-bond donors (Lipinski definition) is 2. The summed E-state index contributed by atoms with van der Waals surface area (Å²) in [6, 6.07) is 4.50. The van der Waals surface area contributed by atoms with E-state index in [0.29, 0.717) is 0 Å². The number of carboxylic acid groups (broad SMARTS) is 1. The predicted molar refractivity (Wildman–Crippen MR) is 45.9 cm³/mol. The molecular weight excluding hydrogens is 210 g/mol. The summed E-state index contributed by atoms with van der Waals surface area (Å²) in [4.78, 5) is 10.2. The fourth-order valence-electron chi connectivity index (χ4n) is 0.820. The van der Waals surface area contributed by atoms with E-state index in [2.05, 4.69) is 10.2 Å². The molecule has 0 spiro atoms. The zero-order chi connectivity index (χ0) is 10.8. The van der Waals surface area contributed by atoms with E-state index in [9.17, 15) is 13.2 Å². The van der Waals surface area contributed by atoms with E-state index in [4.69, 9.17) is 5.11 Å². The Hall–Kier alpha value is -1.44. The number of carbonyl (C=O) groups is 1. The minimum Gasteiger partial charge on any atom is -0.478 e. The molecule has 6 nitrogen and oxygen atoms in total. The number of nitrogens with two attached hydrogens (primary N) is 1. The Bertz CT molecular complexity index is 436. The van der Waals surface area contributed by atoms with Crippen LogP contribution in [0.4, 0.5) is 0 Å². The first-order valence-corrected chi connectivity index (χ1v) is 4.85. The molecule has 0 radical (unpaired) electrons. The van der Waals surface area contributed by atoms with Gasteiger partial charge in [0, 0.05) is 0 Å².